The SMILES string of the molecule is CC(C)C1CC2CC(C1)CC(C(C)C)C2. The molecule has 2 bridgehead atoms. The summed E-state index contributed by atoms with van der Waals surface area (Å²) in [4.78, 5) is 0. The van der Waals surface area contributed by atoms with E-state index in [4.69, 9.17) is 0 Å². The van der Waals surface area contributed by atoms with E-state index in [9.17, 15) is 0 Å². The van der Waals surface area contributed by atoms with Crippen LogP contribution >= 0.6 is 0 Å². The van der Waals surface area contributed by atoms with Crippen LogP contribution in [0.1, 0.15) is 59.8 Å². The van der Waals surface area contributed by atoms with E-state index in [-0.39, 0.29) is 0 Å². The van der Waals surface area contributed by atoms with Crippen LogP contribution in [0.5, 0.6) is 0 Å². The molecule has 2 fully saturated rings. The van der Waals surface area contributed by atoms with Crippen molar-refractivity contribution in [2.24, 2.45) is 35.5 Å². The van der Waals surface area contributed by atoms with Gasteiger partial charge in [0.2, 0.25) is 0 Å². The Labute approximate surface area is 95.8 Å². The summed E-state index contributed by atoms with van der Waals surface area (Å²) in [6.45, 7) is 9.69. The van der Waals surface area contributed by atoms with Crippen LogP contribution in [-0.2, 0) is 0 Å². The standard InChI is InChI=1S/C15H28/c1-10(2)14-6-12-5-13(7-14)9-15(8-12)11(3)4/h10-15H,5-9H2,1-4H3. The van der Waals surface area contributed by atoms with Crippen LogP contribution in [0, 0.1) is 35.5 Å². The van der Waals surface area contributed by atoms with Crippen molar-refractivity contribution in [3.8, 4) is 0 Å². The highest BCUT2D eigenvalue weighted by atomic mass is 14.4. The van der Waals surface area contributed by atoms with Crippen LogP contribution in [0.3, 0.4) is 0 Å². The van der Waals surface area contributed by atoms with E-state index in [1.807, 2.05) is 0 Å². The molecule has 0 spiro atoms. The topological polar surface area (TPSA) is 0 Å². The first-order valence-electron chi connectivity index (χ1n) is 7.06. The summed E-state index contributed by atoms with van der Waals surface area (Å²) in [6, 6.07) is 0. The van der Waals surface area contributed by atoms with Gasteiger partial charge in [0.15, 0.2) is 0 Å². The third kappa shape index (κ3) is 2.57. The van der Waals surface area contributed by atoms with Gasteiger partial charge in [0.1, 0.15) is 0 Å². The molecule has 0 nitrogen and oxygen atoms in total. The molecule has 15 heavy (non-hydrogen) atoms. The van der Waals surface area contributed by atoms with Crippen molar-refractivity contribution in [2.75, 3.05) is 0 Å². The fourth-order valence-electron chi connectivity index (χ4n) is 4.04. The van der Waals surface area contributed by atoms with Gasteiger partial charge in [0.25, 0.3) is 0 Å². The van der Waals surface area contributed by atoms with Crippen molar-refractivity contribution in [2.45, 2.75) is 59.8 Å². The Bertz CT molecular complexity index is 170. The van der Waals surface area contributed by atoms with E-state index in [0.29, 0.717) is 0 Å². The van der Waals surface area contributed by atoms with E-state index >= 15 is 0 Å². The van der Waals surface area contributed by atoms with Crippen molar-refractivity contribution in [1.82, 2.24) is 0 Å². The minimum absolute atomic E-state index is 0.922. The maximum Gasteiger partial charge on any atom is -0.0386 e. The molecule has 2 aliphatic carbocycles. The van der Waals surface area contributed by atoms with Crippen LogP contribution in [-0.4, -0.2) is 0 Å². The van der Waals surface area contributed by atoms with Crippen molar-refractivity contribution in [3.05, 3.63) is 0 Å². The third-order valence-electron chi connectivity index (χ3n) is 5.10. The molecular weight excluding hydrogens is 180 g/mol. The second-order valence-electron chi connectivity index (χ2n) is 6.92. The monoisotopic (exact) mass is 208 g/mol. The summed E-state index contributed by atoms with van der Waals surface area (Å²) >= 11 is 0. The molecule has 0 saturated heterocycles. The fraction of sp³-hybridized carbons (Fsp3) is 1.00. The van der Waals surface area contributed by atoms with Gasteiger partial charge in [-0.25, -0.2) is 0 Å². The predicted octanol–water partition coefficient (Wildman–Crippen LogP) is 4.74. The van der Waals surface area contributed by atoms with Crippen LogP contribution in [0.15, 0.2) is 0 Å². The zero-order valence-corrected chi connectivity index (χ0v) is 11.0. The molecule has 0 radical (unpaired) electrons. The van der Waals surface area contributed by atoms with Gasteiger partial charge in [-0.15, -0.1) is 0 Å². The normalized spacial score (nSPS) is 41.2. The van der Waals surface area contributed by atoms with Crippen LogP contribution < -0.4 is 0 Å². The Morgan fingerprint density at radius 3 is 1.20 bits per heavy atom. The molecule has 0 aliphatic heterocycles. The molecule has 0 N–H and O–H groups in total. The van der Waals surface area contributed by atoms with Crippen molar-refractivity contribution in [3.63, 3.8) is 0 Å². The minimum Gasteiger partial charge on any atom is -0.0625 e. The van der Waals surface area contributed by atoms with Crippen LogP contribution in [0.4, 0.5) is 0 Å². The number of hydrogen-bond donors (Lipinski definition) is 0. The van der Waals surface area contributed by atoms with E-state index in [2.05, 4.69) is 27.7 Å². The van der Waals surface area contributed by atoms with Gasteiger partial charge in [0, 0.05) is 0 Å². The van der Waals surface area contributed by atoms with Gasteiger partial charge in [0.05, 0.1) is 0 Å². The smallest absolute Gasteiger partial charge is 0.0386 e. The number of fused-ring (bicyclic) bond motifs is 2. The first-order valence-corrected chi connectivity index (χ1v) is 7.06. The third-order valence-corrected chi connectivity index (χ3v) is 5.10. The van der Waals surface area contributed by atoms with Crippen LogP contribution in [0.2, 0.25) is 0 Å². The molecule has 2 rings (SSSR count). The molecule has 0 heteroatoms. The van der Waals surface area contributed by atoms with Gasteiger partial charge < -0.3 is 0 Å². The molecule has 0 unspecified atom stereocenters. The fourth-order valence-corrected chi connectivity index (χ4v) is 4.04. The lowest BCUT2D eigenvalue weighted by Gasteiger charge is -2.45. The zero-order valence-electron chi connectivity index (χ0n) is 11.0. The molecular formula is C15H28. The second kappa shape index (κ2) is 4.47. The lowest BCUT2D eigenvalue weighted by molar-refractivity contribution is 0.0614. The minimum atomic E-state index is 0.922. The summed E-state index contributed by atoms with van der Waals surface area (Å²) in [6.07, 6.45) is 7.72. The summed E-state index contributed by atoms with van der Waals surface area (Å²) in [5.74, 6) is 6.09. The van der Waals surface area contributed by atoms with E-state index in [1.54, 1.807) is 6.42 Å². The average Bonchev–Trinajstić information content (AvgIpc) is 2.15. The van der Waals surface area contributed by atoms with E-state index < -0.39 is 0 Å². The molecule has 0 aromatic carbocycles. The maximum absolute atomic E-state index is 2.42. The molecule has 0 amide bonds. The van der Waals surface area contributed by atoms with E-state index in [1.165, 1.54) is 25.7 Å². The molecule has 0 aromatic heterocycles. The first-order chi connectivity index (χ1) is 7.06. The van der Waals surface area contributed by atoms with Crippen molar-refractivity contribution >= 4 is 0 Å². The lowest BCUT2D eigenvalue weighted by Crippen LogP contribution is -2.34. The second-order valence-corrected chi connectivity index (χ2v) is 6.92. The largest absolute Gasteiger partial charge is 0.0625 e. The molecule has 2 saturated carbocycles. The molecule has 0 heterocycles. The zero-order chi connectivity index (χ0) is 11.0. The summed E-state index contributed by atoms with van der Waals surface area (Å²) in [7, 11) is 0. The molecule has 2 aliphatic rings. The summed E-state index contributed by atoms with van der Waals surface area (Å²) < 4.78 is 0. The predicted molar refractivity (Wildman–Crippen MR) is 66.7 cm³/mol. The van der Waals surface area contributed by atoms with Gasteiger partial charge >= 0.3 is 0 Å². The van der Waals surface area contributed by atoms with Crippen molar-refractivity contribution in [1.29, 1.82) is 0 Å². The first kappa shape index (κ1) is 11.5. The van der Waals surface area contributed by atoms with Gasteiger partial charge in [-0.1, -0.05) is 27.7 Å². The van der Waals surface area contributed by atoms with E-state index in [0.717, 1.165) is 35.5 Å². The number of rotatable bonds is 2. The van der Waals surface area contributed by atoms with Crippen molar-refractivity contribution < 1.29 is 0 Å². The van der Waals surface area contributed by atoms with Gasteiger partial charge in [-0.2, -0.15) is 0 Å². The lowest BCUT2D eigenvalue weighted by atomic mass is 9.61. The Kier molecular flexibility index (Phi) is 3.42. The average molecular weight is 208 g/mol. The quantitative estimate of drug-likeness (QED) is 0.615. The number of hydrogen-bond acceptors (Lipinski definition) is 0. The highest BCUT2D eigenvalue weighted by molar-refractivity contribution is 4.88. The highest BCUT2D eigenvalue weighted by Crippen LogP contribution is 2.48. The maximum atomic E-state index is 2.42. The Balaban J connectivity index is 1.96. The highest BCUT2D eigenvalue weighted by Gasteiger charge is 2.37. The Morgan fingerprint density at radius 2 is 0.933 bits per heavy atom. The summed E-state index contributed by atoms with van der Waals surface area (Å²) in [5.41, 5.74) is 0. The van der Waals surface area contributed by atoms with Crippen LogP contribution in [0.25, 0.3) is 0 Å². The Hall–Kier alpha value is 0. The molecule has 0 atom stereocenters. The summed E-state index contributed by atoms with van der Waals surface area (Å²) in [5, 5.41) is 0. The Morgan fingerprint density at radius 1 is 0.600 bits per heavy atom. The van der Waals surface area contributed by atoms with Gasteiger partial charge in [-0.3, -0.25) is 0 Å². The molecule has 88 valence electrons. The molecule has 0 aromatic rings. The van der Waals surface area contributed by atoms with Gasteiger partial charge in [-0.05, 0) is 67.6 Å².